The van der Waals surface area contributed by atoms with Crippen LogP contribution in [0.4, 0.5) is 0 Å². The van der Waals surface area contributed by atoms with Crippen LogP contribution in [0.1, 0.15) is 28.8 Å². The number of benzene rings is 1. The van der Waals surface area contributed by atoms with Gasteiger partial charge >= 0.3 is 0 Å². The topological polar surface area (TPSA) is 57.2 Å². The number of piperidine rings is 1. The number of carbonyl (C=O) groups is 1. The molecule has 1 aromatic rings. The van der Waals surface area contributed by atoms with Crippen molar-refractivity contribution in [3.63, 3.8) is 0 Å². The number of hydrogen-bond donors (Lipinski definition) is 0. The number of carbonyl (C=O) groups excluding carboxylic acids is 1. The van der Waals surface area contributed by atoms with Gasteiger partial charge < -0.3 is 23.8 Å². The van der Waals surface area contributed by atoms with E-state index in [1.165, 1.54) is 0 Å². The third kappa shape index (κ3) is 3.01. The molecule has 0 radical (unpaired) electrons. The first kappa shape index (κ1) is 16.1. The molecule has 1 aromatic carbocycles. The van der Waals surface area contributed by atoms with Crippen molar-refractivity contribution in [1.82, 2.24) is 4.90 Å². The number of methoxy groups -OCH3 is 2. The van der Waals surface area contributed by atoms with Crippen LogP contribution in [0.3, 0.4) is 0 Å². The fourth-order valence-corrected chi connectivity index (χ4v) is 3.22. The molecule has 2 fully saturated rings. The molecule has 2 aliphatic heterocycles. The Kier molecular flexibility index (Phi) is 4.46. The molecule has 3 rings (SSSR count). The second-order valence-corrected chi connectivity index (χ2v) is 5.92. The van der Waals surface area contributed by atoms with Crippen LogP contribution in [0.5, 0.6) is 11.5 Å². The summed E-state index contributed by atoms with van der Waals surface area (Å²) in [6.45, 7) is 4.42. The van der Waals surface area contributed by atoms with Crippen LogP contribution in [0.25, 0.3) is 0 Å². The summed E-state index contributed by atoms with van der Waals surface area (Å²) in [5.74, 6) is 0.728. The lowest BCUT2D eigenvalue weighted by molar-refractivity contribution is -0.181. The largest absolute Gasteiger partial charge is 0.496 e. The Morgan fingerprint density at radius 3 is 2.26 bits per heavy atom. The Morgan fingerprint density at radius 2 is 1.70 bits per heavy atom. The number of hydrogen-bond acceptors (Lipinski definition) is 5. The maximum atomic E-state index is 12.9. The van der Waals surface area contributed by atoms with Gasteiger partial charge in [0.2, 0.25) is 0 Å². The van der Waals surface area contributed by atoms with Gasteiger partial charge in [-0.25, -0.2) is 0 Å². The minimum Gasteiger partial charge on any atom is -0.496 e. The summed E-state index contributed by atoms with van der Waals surface area (Å²) in [7, 11) is 3.17. The molecule has 6 heteroatoms. The van der Waals surface area contributed by atoms with E-state index in [2.05, 4.69) is 0 Å². The van der Waals surface area contributed by atoms with Gasteiger partial charge in [0.25, 0.3) is 5.91 Å². The Morgan fingerprint density at radius 1 is 1.09 bits per heavy atom. The highest BCUT2D eigenvalue weighted by molar-refractivity contribution is 5.97. The minimum atomic E-state index is -0.480. The van der Waals surface area contributed by atoms with Gasteiger partial charge in [-0.2, -0.15) is 0 Å². The number of amides is 1. The van der Waals surface area contributed by atoms with Crippen LogP contribution in [0.2, 0.25) is 0 Å². The van der Waals surface area contributed by atoms with E-state index in [4.69, 9.17) is 18.9 Å². The highest BCUT2D eigenvalue weighted by Crippen LogP contribution is 2.34. The lowest BCUT2D eigenvalue weighted by Crippen LogP contribution is -2.47. The van der Waals surface area contributed by atoms with Crippen molar-refractivity contribution >= 4 is 5.91 Å². The van der Waals surface area contributed by atoms with Crippen molar-refractivity contribution in [3.05, 3.63) is 23.3 Å². The molecule has 2 aliphatic rings. The molecule has 2 saturated heterocycles. The van der Waals surface area contributed by atoms with Gasteiger partial charge in [-0.3, -0.25) is 4.79 Å². The molecule has 126 valence electrons. The summed E-state index contributed by atoms with van der Waals surface area (Å²) in [5.41, 5.74) is 1.46. The zero-order valence-electron chi connectivity index (χ0n) is 13.9. The number of nitrogens with zero attached hydrogens (tertiary/aromatic N) is 1. The first-order valence-electron chi connectivity index (χ1n) is 7.88. The van der Waals surface area contributed by atoms with Gasteiger partial charge in [0.05, 0.1) is 33.0 Å². The lowest BCUT2D eigenvalue weighted by atomic mass is 10.0. The van der Waals surface area contributed by atoms with Gasteiger partial charge in [-0.15, -0.1) is 0 Å². The number of rotatable bonds is 3. The molecule has 0 bridgehead atoms. The van der Waals surface area contributed by atoms with Crippen molar-refractivity contribution in [2.75, 3.05) is 40.5 Å². The maximum Gasteiger partial charge on any atom is 0.257 e. The van der Waals surface area contributed by atoms with Crippen LogP contribution in [-0.4, -0.2) is 57.1 Å². The summed E-state index contributed by atoms with van der Waals surface area (Å²) in [6.07, 6.45) is 1.40. The Labute approximate surface area is 136 Å². The summed E-state index contributed by atoms with van der Waals surface area (Å²) in [5, 5.41) is 0. The lowest BCUT2D eigenvalue weighted by Gasteiger charge is -2.37. The third-order valence-corrected chi connectivity index (χ3v) is 4.57. The van der Waals surface area contributed by atoms with Crippen molar-refractivity contribution in [1.29, 1.82) is 0 Å². The summed E-state index contributed by atoms with van der Waals surface area (Å²) in [6, 6.07) is 3.59. The highest BCUT2D eigenvalue weighted by atomic mass is 16.7. The molecular formula is C17H23NO5. The molecule has 1 spiro atoms. The fourth-order valence-electron chi connectivity index (χ4n) is 3.22. The van der Waals surface area contributed by atoms with E-state index in [-0.39, 0.29) is 5.91 Å². The van der Waals surface area contributed by atoms with Gasteiger partial charge in [-0.1, -0.05) is 0 Å². The van der Waals surface area contributed by atoms with Crippen molar-refractivity contribution in [2.45, 2.75) is 25.6 Å². The van der Waals surface area contributed by atoms with Crippen LogP contribution in [0, 0.1) is 6.92 Å². The molecule has 2 heterocycles. The second kappa shape index (κ2) is 6.37. The van der Waals surface area contributed by atoms with Gasteiger partial charge in [-0.05, 0) is 24.6 Å². The quantitative estimate of drug-likeness (QED) is 0.852. The van der Waals surface area contributed by atoms with Crippen LogP contribution in [-0.2, 0) is 9.47 Å². The monoisotopic (exact) mass is 321 g/mol. The van der Waals surface area contributed by atoms with E-state index in [0.29, 0.717) is 56.2 Å². The second-order valence-electron chi connectivity index (χ2n) is 5.92. The van der Waals surface area contributed by atoms with E-state index in [1.807, 2.05) is 17.9 Å². The first-order valence-corrected chi connectivity index (χ1v) is 7.88. The minimum absolute atomic E-state index is 0.0482. The van der Waals surface area contributed by atoms with E-state index in [0.717, 1.165) is 5.56 Å². The molecule has 0 N–H and O–H groups in total. The third-order valence-electron chi connectivity index (χ3n) is 4.57. The van der Waals surface area contributed by atoms with Crippen molar-refractivity contribution in [3.8, 4) is 11.5 Å². The van der Waals surface area contributed by atoms with Crippen molar-refractivity contribution < 1.29 is 23.7 Å². The van der Waals surface area contributed by atoms with Crippen LogP contribution >= 0.6 is 0 Å². The zero-order chi connectivity index (χ0) is 16.4. The number of aryl methyl sites for hydroxylation is 1. The van der Waals surface area contributed by atoms with Crippen LogP contribution in [0.15, 0.2) is 12.1 Å². The molecule has 23 heavy (non-hydrogen) atoms. The molecular weight excluding hydrogens is 298 g/mol. The molecule has 1 amide bonds. The standard InChI is InChI=1S/C17H23NO5/c1-12-10-15(21-3)13(11-14(12)20-2)16(19)18-6-4-17(5-7-18)22-8-9-23-17/h10-11H,4-9H2,1-3H3. The molecule has 0 aliphatic carbocycles. The smallest absolute Gasteiger partial charge is 0.257 e. The Balaban J connectivity index is 1.78. The average molecular weight is 321 g/mol. The Hall–Kier alpha value is -1.79. The highest BCUT2D eigenvalue weighted by Gasteiger charge is 2.41. The van der Waals surface area contributed by atoms with E-state index >= 15 is 0 Å². The number of ether oxygens (including phenoxy) is 4. The van der Waals surface area contributed by atoms with E-state index in [9.17, 15) is 4.79 Å². The summed E-state index contributed by atoms with van der Waals surface area (Å²) >= 11 is 0. The maximum absolute atomic E-state index is 12.9. The molecule has 0 saturated carbocycles. The Bertz CT molecular complexity index is 585. The predicted octanol–water partition coefficient (Wildman–Crippen LogP) is 1.99. The van der Waals surface area contributed by atoms with E-state index < -0.39 is 5.79 Å². The normalized spacial score (nSPS) is 19.9. The number of likely N-dealkylation sites (tertiary alicyclic amines) is 1. The SMILES string of the molecule is COc1cc(C(=O)N2CCC3(CC2)OCCO3)c(OC)cc1C. The van der Waals surface area contributed by atoms with Gasteiger partial charge in [0.15, 0.2) is 5.79 Å². The molecule has 6 nitrogen and oxygen atoms in total. The van der Waals surface area contributed by atoms with Gasteiger partial charge in [0, 0.05) is 25.9 Å². The van der Waals surface area contributed by atoms with E-state index in [1.54, 1.807) is 20.3 Å². The molecule has 0 unspecified atom stereocenters. The zero-order valence-corrected chi connectivity index (χ0v) is 13.9. The van der Waals surface area contributed by atoms with Gasteiger partial charge in [0.1, 0.15) is 11.5 Å². The fraction of sp³-hybridized carbons (Fsp3) is 0.588. The first-order chi connectivity index (χ1) is 11.1. The molecule has 0 aromatic heterocycles. The van der Waals surface area contributed by atoms with Crippen LogP contribution < -0.4 is 9.47 Å². The average Bonchev–Trinajstić information content (AvgIpc) is 3.02. The van der Waals surface area contributed by atoms with Crippen molar-refractivity contribution in [2.24, 2.45) is 0 Å². The predicted molar refractivity (Wildman–Crippen MR) is 84.1 cm³/mol. The summed E-state index contributed by atoms with van der Waals surface area (Å²) in [4.78, 5) is 14.7. The summed E-state index contributed by atoms with van der Waals surface area (Å²) < 4.78 is 22.1. The molecule has 0 atom stereocenters.